The lowest BCUT2D eigenvalue weighted by atomic mass is 9.78. The van der Waals surface area contributed by atoms with Crippen LogP contribution >= 0.6 is 0 Å². The predicted molar refractivity (Wildman–Crippen MR) is 58.5 cm³/mol. The number of carbonyl (C=O) groups excluding carboxylic acids is 2. The Morgan fingerprint density at radius 3 is 2.63 bits per heavy atom. The van der Waals surface area contributed by atoms with E-state index in [9.17, 15) is 9.59 Å². The molecule has 4 rings (SSSR count). The zero-order chi connectivity index (χ0) is 13.1. The summed E-state index contributed by atoms with van der Waals surface area (Å²) in [5.41, 5.74) is -0.108. The fraction of sp³-hybridized carbons (Fsp3) is 0.583. The number of esters is 2. The first-order valence-electron chi connectivity index (χ1n) is 6.26. The van der Waals surface area contributed by atoms with E-state index in [2.05, 4.69) is 5.16 Å². The molecule has 0 radical (unpaired) electrons. The molecule has 2 unspecified atom stereocenters. The van der Waals surface area contributed by atoms with E-state index in [1.165, 1.54) is 0 Å². The number of ether oxygens (including phenoxy) is 2. The first-order valence-corrected chi connectivity index (χ1v) is 6.26. The number of hydrogen-bond donors (Lipinski definition) is 0. The maximum atomic E-state index is 11.3. The molecule has 0 saturated carbocycles. The average Bonchev–Trinajstić information content (AvgIpc) is 3.08. The minimum Gasteiger partial charge on any atom is -0.400 e. The Morgan fingerprint density at radius 2 is 1.95 bits per heavy atom. The lowest BCUT2D eigenvalue weighted by Crippen LogP contribution is -2.54. The summed E-state index contributed by atoms with van der Waals surface area (Å²) in [7, 11) is 0. The Bertz CT molecular complexity index is 538. The number of nitrogens with zero attached hydrogens (tertiary/aromatic N) is 2. The van der Waals surface area contributed by atoms with Crippen LogP contribution in [-0.4, -0.2) is 41.0 Å². The molecular formula is C12H12N2O5. The molecule has 2 bridgehead atoms. The Balaban J connectivity index is 1.65. The van der Waals surface area contributed by atoms with Gasteiger partial charge in [0.15, 0.2) is 0 Å². The van der Waals surface area contributed by atoms with Crippen molar-refractivity contribution in [2.45, 2.75) is 30.6 Å². The SMILES string of the molecule is O=C1OC2(CCC3(c4ccno4)CCN2C3)OC1=O. The molecule has 7 heteroatoms. The van der Waals surface area contributed by atoms with Crippen molar-refractivity contribution in [3.63, 3.8) is 0 Å². The average molecular weight is 264 g/mol. The summed E-state index contributed by atoms with van der Waals surface area (Å²) in [4.78, 5) is 24.5. The number of rotatable bonds is 1. The first-order chi connectivity index (χ1) is 9.14. The number of piperidine rings is 1. The lowest BCUT2D eigenvalue weighted by molar-refractivity contribution is -0.259. The molecule has 3 fully saturated rings. The minimum absolute atomic E-state index is 0.108. The van der Waals surface area contributed by atoms with Crippen LogP contribution in [0.25, 0.3) is 0 Å². The Labute approximate surface area is 108 Å². The van der Waals surface area contributed by atoms with E-state index in [0.717, 1.165) is 18.6 Å². The molecule has 3 aliphatic rings. The maximum Gasteiger partial charge on any atom is 0.421 e. The van der Waals surface area contributed by atoms with Crippen LogP contribution in [0.5, 0.6) is 0 Å². The van der Waals surface area contributed by atoms with Crippen LogP contribution in [0.1, 0.15) is 25.0 Å². The molecule has 19 heavy (non-hydrogen) atoms. The van der Waals surface area contributed by atoms with Crippen LogP contribution in [0.2, 0.25) is 0 Å². The van der Waals surface area contributed by atoms with E-state index in [1.807, 2.05) is 11.0 Å². The van der Waals surface area contributed by atoms with Crippen molar-refractivity contribution in [3.8, 4) is 0 Å². The van der Waals surface area contributed by atoms with Crippen molar-refractivity contribution in [1.82, 2.24) is 10.1 Å². The molecule has 3 aliphatic heterocycles. The Morgan fingerprint density at radius 1 is 1.16 bits per heavy atom. The summed E-state index contributed by atoms with van der Waals surface area (Å²) in [5.74, 6) is -2.15. The summed E-state index contributed by atoms with van der Waals surface area (Å²) < 4.78 is 15.6. The van der Waals surface area contributed by atoms with Crippen LogP contribution in [0.4, 0.5) is 0 Å². The molecule has 3 saturated heterocycles. The Kier molecular flexibility index (Phi) is 1.94. The van der Waals surface area contributed by atoms with Gasteiger partial charge in [-0.3, -0.25) is 0 Å². The van der Waals surface area contributed by atoms with Gasteiger partial charge < -0.3 is 14.0 Å². The second kappa shape index (κ2) is 3.36. The maximum absolute atomic E-state index is 11.3. The molecule has 0 N–H and O–H groups in total. The molecule has 2 atom stereocenters. The van der Waals surface area contributed by atoms with Gasteiger partial charge in [-0.25, -0.2) is 14.5 Å². The van der Waals surface area contributed by atoms with Gasteiger partial charge in [-0.2, -0.15) is 0 Å². The van der Waals surface area contributed by atoms with E-state index in [1.54, 1.807) is 6.20 Å². The molecular weight excluding hydrogens is 252 g/mol. The number of aromatic nitrogens is 1. The van der Waals surface area contributed by atoms with Gasteiger partial charge in [0.25, 0.3) is 0 Å². The predicted octanol–water partition coefficient (Wildman–Crippen LogP) is 0.166. The summed E-state index contributed by atoms with van der Waals surface area (Å²) in [6.45, 7) is 1.34. The van der Waals surface area contributed by atoms with Gasteiger partial charge in [0.1, 0.15) is 5.76 Å². The smallest absolute Gasteiger partial charge is 0.400 e. The highest BCUT2D eigenvalue weighted by atomic mass is 16.8. The van der Waals surface area contributed by atoms with E-state index >= 15 is 0 Å². The number of hydrogen-bond acceptors (Lipinski definition) is 7. The van der Waals surface area contributed by atoms with Crippen molar-refractivity contribution in [3.05, 3.63) is 18.0 Å². The molecule has 4 heterocycles. The fourth-order valence-electron chi connectivity index (χ4n) is 3.36. The third-order valence-electron chi connectivity index (χ3n) is 4.39. The summed E-state index contributed by atoms with van der Waals surface area (Å²) in [6.07, 6.45) is 3.70. The molecule has 0 amide bonds. The molecule has 1 aromatic heterocycles. The highest BCUT2D eigenvalue weighted by Crippen LogP contribution is 2.49. The second-order valence-corrected chi connectivity index (χ2v) is 5.32. The van der Waals surface area contributed by atoms with Gasteiger partial charge in [0.05, 0.1) is 6.20 Å². The number of carbonyl (C=O) groups is 2. The third kappa shape index (κ3) is 1.33. The van der Waals surface area contributed by atoms with Crippen LogP contribution in [0.15, 0.2) is 16.8 Å². The molecule has 7 nitrogen and oxygen atoms in total. The summed E-state index contributed by atoms with van der Waals surface area (Å²) in [5, 5.41) is 3.76. The van der Waals surface area contributed by atoms with E-state index < -0.39 is 17.8 Å². The van der Waals surface area contributed by atoms with Gasteiger partial charge >= 0.3 is 17.8 Å². The lowest BCUT2D eigenvalue weighted by Gasteiger charge is -2.41. The van der Waals surface area contributed by atoms with Gasteiger partial charge in [0, 0.05) is 31.0 Å². The Hall–Kier alpha value is -1.89. The van der Waals surface area contributed by atoms with Gasteiger partial charge in [-0.05, 0) is 12.8 Å². The van der Waals surface area contributed by atoms with Crippen molar-refractivity contribution in [2.24, 2.45) is 0 Å². The quantitative estimate of drug-likeness (QED) is 0.528. The van der Waals surface area contributed by atoms with Crippen molar-refractivity contribution >= 4 is 11.9 Å². The van der Waals surface area contributed by atoms with Crippen molar-refractivity contribution in [1.29, 1.82) is 0 Å². The van der Waals surface area contributed by atoms with Crippen molar-refractivity contribution < 1.29 is 23.6 Å². The van der Waals surface area contributed by atoms with E-state index in [0.29, 0.717) is 19.5 Å². The summed E-state index contributed by atoms with van der Waals surface area (Å²) >= 11 is 0. The van der Waals surface area contributed by atoms with Crippen molar-refractivity contribution in [2.75, 3.05) is 13.1 Å². The topological polar surface area (TPSA) is 81.9 Å². The first kappa shape index (κ1) is 11.0. The summed E-state index contributed by atoms with van der Waals surface area (Å²) in [6, 6.07) is 1.87. The standard InChI is InChI=1S/C12H12N2O5/c15-9-10(16)18-12(17-9)3-2-11(4-6-14(12)7-11)8-1-5-13-19-8/h1,5H,2-4,6-7H2. The second-order valence-electron chi connectivity index (χ2n) is 5.32. The third-order valence-corrected chi connectivity index (χ3v) is 4.39. The molecule has 0 aliphatic carbocycles. The van der Waals surface area contributed by atoms with Crippen LogP contribution < -0.4 is 0 Å². The zero-order valence-corrected chi connectivity index (χ0v) is 10.1. The molecule has 1 spiro atoms. The van der Waals surface area contributed by atoms with Gasteiger partial charge in [-0.15, -0.1) is 0 Å². The number of fused-ring (bicyclic) bond motifs is 3. The fourth-order valence-corrected chi connectivity index (χ4v) is 3.36. The van der Waals surface area contributed by atoms with Gasteiger partial charge in [0.2, 0.25) is 0 Å². The largest absolute Gasteiger partial charge is 0.421 e. The normalized spacial score (nSPS) is 35.5. The molecule has 0 aromatic carbocycles. The van der Waals surface area contributed by atoms with Crippen LogP contribution in [0.3, 0.4) is 0 Å². The molecule has 1 aromatic rings. The molecule has 100 valence electrons. The van der Waals surface area contributed by atoms with E-state index in [4.69, 9.17) is 14.0 Å². The van der Waals surface area contributed by atoms with Gasteiger partial charge in [-0.1, -0.05) is 5.16 Å². The zero-order valence-electron chi connectivity index (χ0n) is 10.1. The highest BCUT2D eigenvalue weighted by molar-refractivity contribution is 6.31. The monoisotopic (exact) mass is 264 g/mol. The highest BCUT2D eigenvalue weighted by Gasteiger charge is 2.62. The minimum atomic E-state index is -1.19. The van der Waals surface area contributed by atoms with Crippen LogP contribution in [0, 0.1) is 0 Å². The van der Waals surface area contributed by atoms with E-state index in [-0.39, 0.29) is 5.41 Å². The van der Waals surface area contributed by atoms with Crippen LogP contribution in [-0.2, 0) is 24.5 Å².